The number of halogens is 1. The van der Waals surface area contributed by atoms with E-state index in [1.54, 1.807) is 12.1 Å². The molecule has 0 saturated carbocycles. The molecular formula is C12H17FN2. The molecule has 2 atom stereocenters. The van der Waals surface area contributed by atoms with Gasteiger partial charge in [-0.2, -0.15) is 0 Å². The molecule has 1 heterocycles. The molecule has 1 unspecified atom stereocenters. The molecule has 2 nitrogen and oxygen atoms in total. The SMILES string of the molecule is CC1NCCN(c2cccc(F)c2)[C@@H]1C. The van der Waals surface area contributed by atoms with Crippen molar-refractivity contribution in [1.29, 1.82) is 0 Å². The predicted octanol–water partition coefficient (Wildman–Crippen LogP) is 2.01. The van der Waals surface area contributed by atoms with Gasteiger partial charge in [0.2, 0.25) is 0 Å². The number of anilines is 1. The van der Waals surface area contributed by atoms with Crippen molar-refractivity contribution in [2.24, 2.45) is 0 Å². The van der Waals surface area contributed by atoms with E-state index in [-0.39, 0.29) is 5.82 Å². The van der Waals surface area contributed by atoms with Gasteiger partial charge in [-0.1, -0.05) is 6.07 Å². The Bertz CT molecular complexity index is 340. The van der Waals surface area contributed by atoms with Crippen LogP contribution >= 0.6 is 0 Å². The van der Waals surface area contributed by atoms with Crippen LogP contribution in [0, 0.1) is 5.82 Å². The van der Waals surface area contributed by atoms with Crippen LogP contribution in [-0.2, 0) is 0 Å². The summed E-state index contributed by atoms with van der Waals surface area (Å²) in [6, 6.07) is 7.68. The Morgan fingerprint density at radius 1 is 1.40 bits per heavy atom. The summed E-state index contributed by atoms with van der Waals surface area (Å²) in [6.07, 6.45) is 0. The zero-order chi connectivity index (χ0) is 10.8. The Labute approximate surface area is 90.1 Å². The van der Waals surface area contributed by atoms with Gasteiger partial charge < -0.3 is 10.2 Å². The molecule has 0 bridgehead atoms. The molecule has 3 heteroatoms. The van der Waals surface area contributed by atoms with Crippen LogP contribution in [0.25, 0.3) is 0 Å². The van der Waals surface area contributed by atoms with E-state index >= 15 is 0 Å². The molecule has 1 fully saturated rings. The van der Waals surface area contributed by atoms with E-state index in [2.05, 4.69) is 24.1 Å². The van der Waals surface area contributed by atoms with E-state index in [1.807, 2.05) is 6.07 Å². The van der Waals surface area contributed by atoms with E-state index in [0.717, 1.165) is 18.8 Å². The second kappa shape index (κ2) is 4.19. The highest BCUT2D eigenvalue weighted by Crippen LogP contribution is 2.21. The van der Waals surface area contributed by atoms with Gasteiger partial charge in [-0.05, 0) is 32.0 Å². The van der Waals surface area contributed by atoms with Gasteiger partial charge in [0.25, 0.3) is 0 Å². The number of nitrogens with one attached hydrogen (secondary N) is 1. The average Bonchev–Trinajstić information content (AvgIpc) is 2.22. The molecular weight excluding hydrogens is 191 g/mol. The molecule has 1 aliphatic heterocycles. The van der Waals surface area contributed by atoms with Gasteiger partial charge in [0.05, 0.1) is 0 Å². The Hall–Kier alpha value is -1.09. The van der Waals surface area contributed by atoms with Crippen LogP contribution in [0.5, 0.6) is 0 Å². The van der Waals surface area contributed by atoms with Crippen LogP contribution in [0.2, 0.25) is 0 Å². The Morgan fingerprint density at radius 3 is 2.93 bits per heavy atom. The van der Waals surface area contributed by atoms with Crippen molar-refractivity contribution < 1.29 is 4.39 Å². The first kappa shape index (κ1) is 10.4. The molecule has 1 aliphatic rings. The minimum absolute atomic E-state index is 0.161. The third kappa shape index (κ3) is 2.12. The fraction of sp³-hybridized carbons (Fsp3) is 0.500. The lowest BCUT2D eigenvalue weighted by atomic mass is 10.1. The highest BCUT2D eigenvalue weighted by Gasteiger charge is 2.24. The summed E-state index contributed by atoms with van der Waals surface area (Å²) < 4.78 is 13.1. The van der Waals surface area contributed by atoms with Crippen molar-refractivity contribution in [1.82, 2.24) is 5.32 Å². The lowest BCUT2D eigenvalue weighted by molar-refractivity contribution is 0.404. The molecule has 15 heavy (non-hydrogen) atoms. The van der Waals surface area contributed by atoms with E-state index in [4.69, 9.17) is 0 Å². The predicted molar refractivity (Wildman–Crippen MR) is 60.7 cm³/mol. The summed E-state index contributed by atoms with van der Waals surface area (Å²) in [4.78, 5) is 2.25. The third-order valence-electron chi connectivity index (χ3n) is 3.17. The Morgan fingerprint density at radius 2 is 2.20 bits per heavy atom. The van der Waals surface area contributed by atoms with Crippen molar-refractivity contribution >= 4 is 5.69 Å². The molecule has 0 amide bonds. The first-order chi connectivity index (χ1) is 7.18. The highest BCUT2D eigenvalue weighted by atomic mass is 19.1. The largest absolute Gasteiger partial charge is 0.366 e. The molecule has 1 aromatic carbocycles. The summed E-state index contributed by atoms with van der Waals surface area (Å²) in [5.41, 5.74) is 0.982. The molecule has 0 spiro atoms. The Kier molecular flexibility index (Phi) is 2.91. The van der Waals surface area contributed by atoms with Crippen molar-refractivity contribution in [3.05, 3.63) is 30.1 Å². The zero-order valence-corrected chi connectivity index (χ0v) is 9.20. The van der Waals surface area contributed by atoms with E-state index in [9.17, 15) is 4.39 Å². The smallest absolute Gasteiger partial charge is 0.125 e. The number of hydrogen-bond acceptors (Lipinski definition) is 2. The molecule has 1 saturated heterocycles. The average molecular weight is 208 g/mol. The first-order valence-corrected chi connectivity index (χ1v) is 5.44. The monoisotopic (exact) mass is 208 g/mol. The van der Waals surface area contributed by atoms with Crippen molar-refractivity contribution in [2.75, 3.05) is 18.0 Å². The van der Waals surface area contributed by atoms with Crippen LogP contribution in [0.4, 0.5) is 10.1 Å². The van der Waals surface area contributed by atoms with Gasteiger partial charge in [0.15, 0.2) is 0 Å². The van der Waals surface area contributed by atoms with Crippen LogP contribution in [0.3, 0.4) is 0 Å². The number of rotatable bonds is 1. The van der Waals surface area contributed by atoms with Crippen LogP contribution in [0.15, 0.2) is 24.3 Å². The number of hydrogen-bond donors (Lipinski definition) is 1. The summed E-state index contributed by atoms with van der Waals surface area (Å²) in [5.74, 6) is -0.161. The number of benzene rings is 1. The maximum Gasteiger partial charge on any atom is 0.125 e. The molecule has 0 aliphatic carbocycles. The lowest BCUT2D eigenvalue weighted by Gasteiger charge is -2.40. The molecule has 2 rings (SSSR count). The van der Waals surface area contributed by atoms with Crippen LogP contribution in [-0.4, -0.2) is 25.2 Å². The van der Waals surface area contributed by atoms with E-state index in [0.29, 0.717) is 12.1 Å². The fourth-order valence-corrected chi connectivity index (χ4v) is 2.08. The minimum atomic E-state index is -0.161. The van der Waals surface area contributed by atoms with Gasteiger partial charge >= 0.3 is 0 Å². The maximum absolute atomic E-state index is 13.1. The van der Waals surface area contributed by atoms with E-state index < -0.39 is 0 Å². The third-order valence-corrected chi connectivity index (χ3v) is 3.17. The summed E-state index contributed by atoms with van der Waals surface area (Å²) in [5, 5.41) is 3.41. The van der Waals surface area contributed by atoms with E-state index in [1.165, 1.54) is 6.07 Å². The van der Waals surface area contributed by atoms with Crippen molar-refractivity contribution in [2.45, 2.75) is 25.9 Å². The fourth-order valence-electron chi connectivity index (χ4n) is 2.08. The molecule has 0 radical (unpaired) electrons. The summed E-state index contributed by atoms with van der Waals surface area (Å²) in [7, 11) is 0. The summed E-state index contributed by atoms with van der Waals surface area (Å²) >= 11 is 0. The second-order valence-electron chi connectivity index (χ2n) is 4.16. The van der Waals surface area contributed by atoms with Gasteiger partial charge in [-0.25, -0.2) is 4.39 Å². The standard InChI is InChI=1S/C12H17FN2/c1-9-10(2)15(7-6-14-9)12-5-3-4-11(13)8-12/h3-5,8-10,14H,6-7H2,1-2H3/t9?,10-/m1/s1. The van der Waals surface area contributed by atoms with Gasteiger partial charge in [0, 0.05) is 30.9 Å². The summed E-state index contributed by atoms with van der Waals surface area (Å²) in [6.45, 7) is 6.23. The molecule has 1 N–H and O–H groups in total. The normalized spacial score (nSPS) is 26.7. The molecule has 1 aromatic rings. The number of nitrogens with zero attached hydrogens (tertiary/aromatic N) is 1. The van der Waals surface area contributed by atoms with Crippen molar-refractivity contribution in [3.8, 4) is 0 Å². The van der Waals surface area contributed by atoms with Gasteiger partial charge in [-0.15, -0.1) is 0 Å². The number of piperazine rings is 1. The zero-order valence-electron chi connectivity index (χ0n) is 9.20. The van der Waals surface area contributed by atoms with Crippen LogP contribution in [0.1, 0.15) is 13.8 Å². The van der Waals surface area contributed by atoms with Gasteiger partial charge in [0.1, 0.15) is 5.82 Å². The Balaban J connectivity index is 2.22. The van der Waals surface area contributed by atoms with Gasteiger partial charge in [-0.3, -0.25) is 0 Å². The molecule has 82 valence electrons. The van der Waals surface area contributed by atoms with Crippen LogP contribution < -0.4 is 10.2 Å². The topological polar surface area (TPSA) is 15.3 Å². The quantitative estimate of drug-likeness (QED) is 0.759. The minimum Gasteiger partial charge on any atom is -0.366 e. The second-order valence-corrected chi connectivity index (χ2v) is 4.16. The highest BCUT2D eigenvalue weighted by molar-refractivity contribution is 5.48. The first-order valence-electron chi connectivity index (χ1n) is 5.44. The maximum atomic E-state index is 13.1. The van der Waals surface area contributed by atoms with Crippen molar-refractivity contribution in [3.63, 3.8) is 0 Å². The lowest BCUT2D eigenvalue weighted by Crippen LogP contribution is -2.55. The molecule has 0 aromatic heterocycles.